The second-order valence-corrected chi connectivity index (χ2v) is 6.02. The molecule has 0 atom stereocenters. The Bertz CT molecular complexity index is 627. The average Bonchev–Trinajstić information content (AvgIpc) is 2.95. The summed E-state index contributed by atoms with van der Waals surface area (Å²) in [5.41, 5.74) is 1.07. The summed E-state index contributed by atoms with van der Waals surface area (Å²) in [6.07, 6.45) is 1.58. The minimum atomic E-state index is 0.340. The lowest BCUT2D eigenvalue weighted by Gasteiger charge is -2.35. The van der Waals surface area contributed by atoms with Crippen molar-refractivity contribution in [3.05, 3.63) is 22.3 Å². The fourth-order valence-electron chi connectivity index (χ4n) is 2.26. The summed E-state index contributed by atoms with van der Waals surface area (Å²) in [7, 11) is 1.55. The van der Waals surface area contributed by atoms with Gasteiger partial charge in [-0.2, -0.15) is 4.98 Å². The zero-order valence-electron chi connectivity index (χ0n) is 11.9. The highest BCUT2D eigenvalue weighted by Crippen LogP contribution is 2.27. The maximum atomic E-state index is 6.20. The number of nitrogens with zero attached hydrogens (tertiary/aromatic N) is 5. The van der Waals surface area contributed by atoms with Crippen molar-refractivity contribution in [1.29, 1.82) is 0 Å². The van der Waals surface area contributed by atoms with Crippen molar-refractivity contribution in [3.8, 4) is 6.01 Å². The number of hydrogen-bond donors (Lipinski definition) is 0. The van der Waals surface area contributed by atoms with Crippen molar-refractivity contribution in [2.24, 2.45) is 0 Å². The summed E-state index contributed by atoms with van der Waals surface area (Å²) >= 11 is 7.88. The number of hydrogen-bond acceptors (Lipinski definition) is 7. The highest BCUT2D eigenvalue weighted by atomic mass is 35.5. The molecule has 21 heavy (non-hydrogen) atoms. The van der Waals surface area contributed by atoms with Crippen molar-refractivity contribution in [2.75, 3.05) is 43.1 Å². The summed E-state index contributed by atoms with van der Waals surface area (Å²) in [6.45, 7) is 5.51. The molecule has 0 amide bonds. The Morgan fingerprint density at radius 1 is 1.19 bits per heavy atom. The van der Waals surface area contributed by atoms with E-state index in [1.165, 1.54) is 0 Å². The van der Waals surface area contributed by atoms with Crippen LogP contribution in [0.5, 0.6) is 6.01 Å². The minimum absolute atomic E-state index is 0.340. The maximum Gasteiger partial charge on any atom is 0.318 e. The predicted molar refractivity (Wildman–Crippen MR) is 84.9 cm³/mol. The number of aromatic nitrogens is 3. The minimum Gasteiger partial charge on any atom is -0.467 e. The number of methoxy groups -OCH3 is 1. The second-order valence-electron chi connectivity index (χ2n) is 4.77. The van der Waals surface area contributed by atoms with Gasteiger partial charge in [0.25, 0.3) is 0 Å². The van der Waals surface area contributed by atoms with E-state index in [0.717, 1.165) is 42.8 Å². The van der Waals surface area contributed by atoms with Crippen LogP contribution in [0, 0.1) is 6.92 Å². The molecule has 0 radical (unpaired) electrons. The Balaban J connectivity index is 1.71. The molecule has 2 aromatic rings. The van der Waals surface area contributed by atoms with Gasteiger partial charge < -0.3 is 14.5 Å². The van der Waals surface area contributed by atoms with Gasteiger partial charge in [-0.1, -0.05) is 11.6 Å². The molecule has 1 fully saturated rings. The van der Waals surface area contributed by atoms with Crippen molar-refractivity contribution in [2.45, 2.75) is 6.92 Å². The molecule has 3 heterocycles. The highest BCUT2D eigenvalue weighted by Gasteiger charge is 2.22. The van der Waals surface area contributed by atoms with Gasteiger partial charge in [-0.25, -0.2) is 9.97 Å². The predicted octanol–water partition coefficient (Wildman–Crippen LogP) is 2.23. The molecule has 1 aliphatic rings. The number of piperazine rings is 1. The van der Waals surface area contributed by atoms with E-state index in [4.69, 9.17) is 16.3 Å². The van der Waals surface area contributed by atoms with Crippen molar-refractivity contribution >= 4 is 33.9 Å². The second kappa shape index (κ2) is 6.03. The van der Waals surface area contributed by atoms with Gasteiger partial charge in [0.1, 0.15) is 5.02 Å². The van der Waals surface area contributed by atoms with Crippen LogP contribution in [-0.2, 0) is 0 Å². The van der Waals surface area contributed by atoms with E-state index in [1.807, 2.05) is 6.92 Å². The molecule has 0 aromatic carbocycles. The monoisotopic (exact) mass is 325 g/mol. The highest BCUT2D eigenvalue weighted by molar-refractivity contribution is 7.13. The topological polar surface area (TPSA) is 54.4 Å². The van der Waals surface area contributed by atoms with Crippen LogP contribution in [0.25, 0.3) is 0 Å². The van der Waals surface area contributed by atoms with Gasteiger partial charge in [0.15, 0.2) is 10.9 Å². The van der Waals surface area contributed by atoms with Crippen LogP contribution >= 0.6 is 22.9 Å². The molecule has 8 heteroatoms. The lowest BCUT2D eigenvalue weighted by atomic mass is 10.3. The van der Waals surface area contributed by atoms with Gasteiger partial charge in [0.2, 0.25) is 0 Å². The number of anilines is 2. The van der Waals surface area contributed by atoms with Gasteiger partial charge in [0.05, 0.1) is 19.0 Å². The fourth-order valence-corrected chi connectivity index (χ4v) is 3.33. The molecule has 0 bridgehead atoms. The summed E-state index contributed by atoms with van der Waals surface area (Å²) in [4.78, 5) is 17.3. The smallest absolute Gasteiger partial charge is 0.318 e. The molecule has 0 spiro atoms. The maximum absolute atomic E-state index is 6.20. The first-order valence-corrected chi connectivity index (χ1v) is 7.91. The van der Waals surface area contributed by atoms with Crippen molar-refractivity contribution in [3.63, 3.8) is 0 Å². The largest absolute Gasteiger partial charge is 0.467 e. The third-order valence-electron chi connectivity index (χ3n) is 3.34. The molecule has 0 aliphatic carbocycles. The number of halogens is 1. The molecule has 0 unspecified atom stereocenters. The average molecular weight is 326 g/mol. The number of thiazole rings is 1. The van der Waals surface area contributed by atoms with Gasteiger partial charge in [-0.05, 0) is 6.92 Å². The summed E-state index contributed by atoms with van der Waals surface area (Å²) in [5, 5.41) is 3.71. The molecule has 6 nitrogen and oxygen atoms in total. The number of rotatable bonds is 3. The summed E-state index contributed by atoms with van der Waals surface area (Å²) in [5.74, 6) is 0.735. The lowest BCUT2D eigenvalue weighted by Crippen LogP contribution is -2.47. The first-order chi connectivity index (χ1) is 10.2. The van der Waals surface area contributed by atoms with E-state index in [1.54, 1.807) is 24.6 Å². The number of ether oxygens (including phenoxy) is 1. The fraction of sp³-hybridized carbons (Fsp3) is 0.462. The van der Waals surface area contributed by atoms with Crippen LogP contribution in [0.2, 0.25) is 5.02 Å². The molecule has 1 saturated heterocycles. The Morgan fingerprint density at radius 2 is 1.90 bits per heavy atom. The molecular formula is C13H16ClN5OS. The van der Waals surface area contributed by atoms with Gasteiger partial charge in [0, 0.05) is 31.6 Å². The Hall–Kier alpha value is -1.60. The lowest BCUT2D eigenvalue weighted by molar-refractivity contribution is 0.379. The molecule has 112 valence electrons. The van der Waals surface area contributed by atoms with Crippen LogP contribution in [0.1, 0.15) is 5.69 Å². The molecule has 3 rings (SSSR count). The van der Waals surface area contributed by atoms with Crippen LogP contribution in [0.3, 0.4) is 0 Å². The van der Waals surface area contributed by atoms with E-state index in [9.17, 15) is 0 Å². The van der Waals surface area contributed by atoms with E-state index in [2.05, 4.69) is 30.1 Å². The van der Waals surface area contributed by atoms with E-state index in [0.29, 0.717) is 11.0 Å². The van der Waals surface area contributed by atoms with Gasteiger partial charge in [-0.3, -0.25) is 0 Å². The van der Waals surface area contributed by atoms with Crippen LogP contribution in [0.4, 0.5) is 10.9 Å². The van der Waals surface area contributed by atoms with Crippen molar-refractivity contribution < 1.29 is 4.74 Å². The zero-order chi connectivity index (χ0) is 14.8. The van der Waals surface area contributed by atoms with Crippen molar-refractivity contribution in [1.82, 2.24) is 15.0 Å². The third-order valence-corrected chi connectivity index (χ3v) is 4.63. The standard InChI is InChI=1S/C13H16ClN5OS/c1-9-8-21-13(16-9)19-5-3-18(4-6-19)11-10(14)7-15-12(17-11)20-2/h7-8H,3-6H2,1-2H3. The quantitative estimate of drug-likeness (QED) is 0.862. The first-order valence-electron chi connectivity index (χ1n) is 6.66. The van der Waals surface area contributed by atoms with E-state index >= 15 is 0 Å². The normalized spacial score (nSPS) is 15.4. The molecule has 0 saturated carbocycles. The number of aryl methyl sites for hydroxylation is 1. The third kappa shape index (κ3) is 3.03. The Morgan fingerprint density at radius 3 is 2.52 bits per heavy atom. The van der Waals surface area contributed by atoms with Gasteiger partial charge in [-0.15, -0.1) is 11.3 Å². The Labute approximate surface area is 132 Å². The van der Waals surface area contributed by atoms with Gasteiger partial charge >= 0.3 is 6.01 Å². The molecular weight excluding hydrogens is 310 g/mol. The SMILES string of the molecule is COc1ncc(Cl)c(N2CCN(c3nc(C)cs3)CC2)n1. The van der Waals surface area contributed by atoms with E-state index in [-0.39, 0.29) is 0 Å². The first kappa shape index (κ1) is 14.3. The van der Waals surface area contributed by atoms with Crippen LogP contribution in [0.15, 0.2) is 11.6 Å². The van der Waals surface area contributed by atoms with E-state index < -0.39 is 0 Å². The summed E-state index contributed by atoms with van der Waals surface area (Å²) < 4.78 is 5.07. The zero-order valence-corrected chi connectivity index (χ0v) is 13.5. The molecule has 1 aliphatic heterocycles. The Kier molecular flexibility index (Phi) is 4.12. The molecule has 2 aromatic heterocycles. The molecule has 0 N–H and O–H groups in total. The van der Waals surface area contributed by atoms with Crippen LogP contribution < -0.4 is 14.5 Å². The van der Waals surface area contributed by atoms with Crippen LogP contribution in [-0.4, -0.2) is 48.2 Å². The summed E-state index contributed by atoms with van der Waals surface area (Å²) in [6, 6.07) is 0.340.